The fourth-order valence-corrected chi connectivity index (χ4v) is 17.2. The van der Waals surface area contributed by atoms with Crippen LogP contribution in [-0.4, -0.2) is 229 Å². The molecule has 660 valence electrons. The first-order chi connectivity index (χ1) is 58.6. The summed E-state index contributed by atoms with van der Waals surface area (Å²) in [6.45, 7) is 27.0. The number of aliphatic hydroxyl groups is 2. The Kier molecular flexibility index (Phi) is 38.9. The SMILES string of the molecule is CC.CC(C)(O)C(C)(C)O.CNc1nc(C2CCCC2)c2cc(OC)c(OCCCN3CCCC3)cc2n1.COc1cc2c(C3=CCCC3)nc(Cl)nc2cc1OCCCN1CCCC1.COc1cc2c(C3CCCC3)nc(Cl)nc2cc1OCCCN1CCCC1.COc1cc2c(Cl)nc(Cl)nc2cc1OCCCN1CCCC1.[B]C1=CCCC1. The molecule has 0 amide bonds. The number of rotatable bonds is 29. The number of hydrogen-bond donors (Lipinski definition) is 3. The van der Waals surface area contributed by atoms with E-state index in [4.69, 9.17) is 107 Å². The maximum Gasteiger partial charge on any atom is 0.224 e. The van der Waals surface area contributed by atoms with E-state index in [2.05, 4.69) is 78.0 Å². The Morgan fingerprint density at radius 3 is 1.07 bits per heavy atom. The first-order valence-corrected chi connectivity index (χ1v) is 46.0. The molecule has 16 rings (SSSR count). The highest BCUT2D eigenvalue weighted by molar-refractivity contribution is 6.35. The quantitative estimate of drug-likeness (QED) is 0.0171. The zero-order chi connectivity index (χ0) is 86.3. The molecule has 121 heavy (non-hydrogen) atoms. The van der Waals surface area contributed by atoms with Crippen molar-refractivity contribution in [2.24, 2.45) is 0 Å². The van der Waals surface area contributed by atoms with Crippen molar-refractivity contribution < 1.29 is 48.1 Å². The van der Waals surface area contributed by atoms with Gasteiger partial charge in [-0.25, -0.2) is 39.9 Å². The third-order valence-corrected chi connectivity index (χ3v) is 24.6. The number of hydrogen-bond acceptors (Lipinski definition) is 23. The van der Waals surface area contributed by atoms with Crippen molar-refractivity contribution in [3.8, 4) is 46.0 Å². The summed E-state index contributed by atoms with van der Waals surface area (Å²) in [7, 11) is 13.9. The monoisotopic (exact) mass is 1740 g/mol. The van der Waals surface area contributed by atoms with Gasteiger partial charge in [0.25, 0.3) is 0 Å². The summed E-state index contributed by atoms with van der Waals surface area (Å²) in [6, 6.07) is 15.5. The fraction of sp³-hybridized carbons (Fsp3) is 0.613. The van der Waals surface area contributed by atoms with E-state index in [0.29, 0.717) is 82.8 Å². The zero-order valence-corrected chi connectivity index (χ0v) is 76.8. The van der Waals surface area contributed by atoms with Gasteiger partial charge in [0.2, 0.25) is 21.8 Å². The van der Waals surface area contributed by atoms with Crippen molar-refractivity contribution in [2.45, 2.75) is 232 Å². The Labute approximate surface area is 739 Å². The number of methoxy groups -OCH3 is 4. The van der Waals surface area contributed by atoms with Crippen molar-refractivity contribution in [1.29, 1.82) is 0 Å². The molecular weight excluding hydrogens is 1610 g/mol. The van der Waals surface area contributed by atoms with Crippen molar-refractivity contribution in [3.05, 3.63) is 104 Å². The van der Waals surface area contributed by atoms with Gasteiger partial charge in [-0.15, -0.1) is 5.47 Å². The Bertz CT molecular complexity index is 4600. The molecule has 4 aliphatic heterocycles. The second-order valence-electron chi connectivity index (χ2n) is 33.1. The first kappa shape index (κ1) is 96.1. The maximum absolute atomic E-state index is 9.10. The molecule has 2 radical (unpaired) electrons. The lowest BCUT2D eigenvalue weighted by atomic mass is 9.90. The Morgan fingerprint density at radius 1 is 0.397 bits per heavy atom. The molecule has 0 unspecified atom stereocenters. The molecule has 4 aliphatic carbocycles. The summed E-state index contributed by atoms with van der Waals surface area (Å²) in [5.74, 6) is 7.37. The third-order valence-electron chi connectivity index (χ3n) is 23.8. The van der Waals surface area contributed by atoms with Gasteiger partial charge in [0, 0.05) is 90.9 Å². The van der Waals surface area contributed by atoms with Crippen LogP contribution in [0.3, 0.4) is 0 Å². The molecule has 0 bridgehead atoms. The Balaban J connectivity index is 0.000000159. The van der Waals surface area contributed by atoms with E-state index in [1.54, 1.807) is 68.3 Å². The van der Waals surface area contributed by atoms with Gasteiger partial charge in [-0.05, 0) is 286 Å². The molecule has 6 fully saturated rings. The minimum absolute atomic E-state index is 0.118. The first-order valence-electron chi connectivity index (χ1n) is 44.5. The predicted octanol–water partition coefficient (Wildman–Crippen LogP) is 20.3. The van der Waals surface area contributed by atoms with Crippen molar-refractivity contribution in [3.63, 3.8) is 0 Å². The van der Waals surface area contributed by atoms with Crippen molar-refractivity contribution in [1.82, 2.24) is 59.5 Å². The molecule has 4 aromatic heterocycles. The Morgan fingerprint density at radius 2 is 0.727 bits per heavy atom. The van der Waals surface area contributed by atoms with Crippen LogP contribution in [0.5, 0.6) is 46.0 Å². The number of fused-ring (bicyclic) bond motifs is 4. The largest absolute Gasteiger partial charge is 0.493 e. The van der Waals surface area contributed by atoms with E-state index in [0.717, 1.165) is 162 Å². The number of nitrogens with one attached hydrogen (secondary N) is 1. The van der Waals surface area contributed by atoms with Crippen LogP contribution < -0.4 is 43.2 Å². The number of likely N-dealkylation sites (tertiary alicyclic amines) is 4. The van der Waals surface area contributed by atoms with Crippen LogP contribution in [0.15, 0.2) is 66.2 Å². The molecule has 0 spiro atoms. The van der Waals surface area contributed by atoms with Gasteiger partial charge in [-0.3, -0.25) is 0 Å². The standard InChI is InChI=1S/C22H32N4O2.C21H28ClN3O2.C21H26ClN3O2.C16H19Cl2N3O2.C6H14O2.C5H7B.C2H6/c1-23-22-24-18-15-20(28-13-7-12-26-10-5-6-11-26)19(27-2)14-17(18)21(25-22)16-8-3-4-9-16;2*1-26-18-13-16-17(23-21(22)24-20(16)15-7-2-3-8-15)14-19(18)27-12-6-11-25-9-4-5-10-25;1-22-13-9-11-12(19-16(18)20-15(11)17)10-14(13)23-8-4-7-21-5-2-3-6-21;1-5(2,7)6(3,4)8;6-5-3-1-2-4-5;1-2/h14-16H,3-13H2,1-2H3,(H,23,24,25);13-15H,2-12H2,1H3;7,13-14H,2-6,8-12H2,1H3;9-10H,2-8H2,1H3;7-8H,1-4H3;3H,1-2,4H2;1-2H3. The summed E-state index contributed by atoms with van der Waals surface area (Å²) in [4.78, 5) is 45.5. The number of nitrogens with zero attached hydrogens (tertiary/aromatic N) is 12. The van der Waals surface area contributed by atoms with E-state index in [1.165, 1.54) is 174 Å². The molecule has 4 saturated heterocycles. The smallest absolute Gasteiger partial charge is 0.224 e. The zero-order valence-electron chi connectivity index (χ0n) is 73.7. The average molecular weight is 1740 g/mol. The van der Waals surface area contributed by atoms with E-state index in [-0.39, 0.29) is 10.6 Å². The van der Waals surface area contributed by atoms with Crippen LogP contribution in [0, 0.1) is 0 Å². The highest BCUT2D eigenvalue weighted by Crippen LogP contribution is 2.44. The van der Waals surface area contributed by atoms with E-state index in [1.807, 2.05) is 51.2 Å². The molecular formula is C93H132BCl4N13O10. The highest BCUT2D eigenvalue weighted by atomic mass is 35.5. The number of anilines is 1. The molecule has 8 heterocycles. The topological polar surface area (TPSA) is 242 Å². The molecule has 3 N–H and O–H groups in total. The van der Waals surface area contributed by atoms with Gasteiger partial charge in [0.15, 0.2) is 46.0 Å². The van der Waals surface area contributed by atoms with Gasteiger partial charge >= 0.3 is 0 Å². The predicted molar refractivity (Wildman–Crippen MR) is 493 cm³/mol. The number of aromatic nitrogens is 8. The summed E-state index contributed by atoms with van der Waals surface area (Å²) >= 11 is 24.4. The molecule has 23 nitrogen and oxygen atoms in total. The normalized spacial score (nSPS) is 17.1. The van der Waals surface area contributed by atoms with Gasteiger partial charge in [0.1, 0.15) is 13.0 Å². The van der Waals surface area contributed by atoms with Crippen LogP contribution in [0.2, 0.25) is 21.0 Å². The van der Waals surface area contributed by atoms with Crippen molar-refractivity contribution in [2.75, 3.05) is 146 Å². The lowest BCUT2D eigenvalue weighted by Crippen LogP contribution is -2.44. The minimum Gasteiger partial charge on any atom is -0.493 e. The summed E-state index contributed by atoms with van der Waals surface area (Å²) in [5, 5.41) is 26.1. The molecule has 8 aliphatic rings. The highest BCUT2D eigenvalue weighted by Gasteiger charge is 2.32. The third kappa shape index (κ3) is 28.7. The number of allylic oxidation sites excluding steroid dienone is 4. The van der Waals surface area contributed by atoms with E-state index >= 15 is 0 Å². The lowest BCUT2D eigenvalue weighted by Gasteiger charge is -2.31. The van der Waals surface area contributed by atoms with Gasteiger partial charge < -0.3 is 73.0 Å². The summed E-state index contributed by atoms with van der Waals surface area (Å²) in [6.07, 6.45) is 35.6. The van der Waals surface area contributed by atoms with Crippen LogP contribution >= 0.6 is 46.4 Å². The van der Waals surface area contributed by atoms with Crippen molar-refractivity contribution >= 4 is 109 Å². The summed E-state index contributed by atoms with van der Waals surface area (Å²) in [5.41, 5.74) is 6.64. The average Bonchev–Trinajstić information content (AvgIpc) is 0.897. The summed E-state index contributed by atoms with van der Waals surface area (Å²) < 4.78 is 46.3. The molecule has 8 aromatic rings. The number of ether oxygens (including phenoxy) is 8. The van der Waals surface area contributed by atoms with Crippen LogP contribution in [0.4, 0.5) is 5.95 Å². The second-order valence-corrected chi connectivity index (χ2v) is 34.5. The van der Waals surface area contributed by atoms with Crippen LogP contribution in [-0.2, 0) is 0 Å². The second kappa shape index (κ2) is 49.0. The van der Waals surface area contributed by atoms with E-state index in [9.17, 15) is 0 Å². The lowest BCUT2D eigenvalue weighted by molar-refractivity contribution is -0.107. The molecule has 4 aromatic carbocycles. The minimum atomic E-state index is -1.01. The van der Waals surface area contributed by atoms with Gasteiger partial charge in [0.05, 0.1) is 105 Å². The van der Waals surface area contributed by atoms with E-state index < -0.39 is 11.2 Å². The maximum atomic E-state index is 9.10. The molecule has 28 heteroatoms. The van der Waals surface area contributed by atoms with Gasteiger partial charge in [-0.2, -0.15) is 0 Å². The number of halogens is 4. The molecule has 0 atom stereocenters. The fourth-order valence-electron chi connectivity index (χ4n) is 16.4. The Hall–Kier alpha value is -7.10. The van der Waals surface area contributed by atoms with Gasteiger partial charge in [-0.1, -0.05) is 63.3 Å². The van der Waals surface area contributed by atoms with Crippen LogP contribution in [0.25, 0.3) is 49.2 Å². The van der Waals surface area contributed by atoms with Crippen LogP contribution in [0.1, 0.15) is 237 Å². The number of benzene rings is 4. The molecule has 2 saturated carbocycles.